The van der Waals surface area contributed by atoms with Crippen LogP contribution in [0.4, 0.5) is 0 Å². The molecule has 0 saturated carbocycles. The van der Waals surface area contributed by atoms with Gasteiger partial charge in [0.15, 0.2) is 0 Å². The van der Waals surface area contributed by atoms with E-state index in [9.17, 15) is 0 Å². The van der Waals surface area contributed by atoms with Gasteiger partial charge in [-0.2, -0.15) is 0 Å². The molecule has 2 heterocycles. The Morgan fingerprint density at radius 3 is 2.95 bits per heavy atom. The average Bonchev–Trinajstić information content (AvgIpc) is 2.54. The maximum absolute atomic E-state index is 5.77. The number of rotatable bonds is 4. The molecule has 0 radical (unpaired) electrons. The fraction of sp³-hybridized carbons (Fsp3) is 0.353. The second-order valence-electron chi connectivity index (χ2n) is 5.56. The molecule has 0 aliphatic carbocycles. The first kappa shape index (κ1) is 14.0. The molecule has 0 bridgehead atoms. The molecule has 0 amide bonds. The highest BCUT2D eigenvalue weighted by Crippen LogP contribution is 2.38. The standard InChI is InChI=1S/C17H21N3O/c1-12-6-7-14(11-19-12)16(20-18)10-13-8-9-21-17-5-3-2-4-15(13)17/h2-7,11,13,16,20H,8-10,18H2,1H3. The first-order valence-corrected chi connectivity index (χ1v) is 7.38. The third kappa shape index (κ3) is 3.06. The topological polar surface area (TPSA) is 60.2 Å². The lowest BCUT2D eigenvalue weighted by Gasteiger charge is -2.29. The predicted molar refractivity (Wildman–Crippen MR) is 83.0 cm³/mol. The zero-order valence-corrected chi connectivity index (χ0v) is 12.3. The van der Waals surface area contributed by atoms with E-state index >= 15 is 0 Å². The van der Waals surface area contributed by atoms with E-state index < -0.39 is 0 Å². The molecule has 0 fully saturated rings. The molecule has 4 nitrogen and oxygen atoms in total. The lowest BCUT2D eigenvalue weighted by molar-refractivity contribution is 0.255. The van der Waals surface area contributed by atoms with Gasteiger partial charge in [0.1, 0.15) is 5.75 Å². The quantitative estimate of drug-likeness (QED) is 0.669. The number of fused-ring (bicyclic) bond motifs is 1. The van der Waals surface area contributed by atoms with E-state index in [0.717, 1.165) is 36.5 Å². The van der Waals surface area contributed by atoms with Crippen molar-refractivity contribution in [2.75, 3.05) is 6.61 Å². The lowest BCUT2D eigenvalue weighted by atomic mass is 9.86. The monoisotopic (exact) mass is 283 g/mol. The van der Waals surface area contributed by atoms with Crippen LogP contribution in [-0.2, 0) is 0 Å². The summed E-state index contributed by atoms with van der Waals surface area (Å²) in [5.41, 5.74) is 6.37. The van der Waals surface area contributed by atoms with E-state index in [1.165, 1.54) is 5.56 Å². The second-order valence-corrected chi connectivity index (χ2v) is 5.56. The van der Waals surface area contributed by atoms with Crippen molar-refractivity contribution in [3.63, 3.8) is 0 Å². The first-order valence-electron chi connectivity index (χ1n) is 7.38. The van der Waals surface area contributed by atoms with Crippen molar-refractivity contribution in [3.05, 3.63) is 59.4 Å². The zero-order valence-electron chi connectivity index (χ0n) is 12.3. The molecule has 2 atom stereocenters. The molecule has 1 aromatic carbocycles. The molecule has 1 aromatic heterocycles. The van der Waals surface area contributed by atoms with Crippen LogP contribution in [0.15, 0.2) is 42.6 Å². The summed E-state index contributed by atoms with van der Waals surface area (Å²) in [5.74, 6) is 7.23. The van der Waals surface area contributed by atoms with Gasteiger partial charge in [0, 0.05) is 17.9 Å². The Morgan fingerprint density at radius 1 is 1.33 bits per heavy atom. The number of nitrogens with two attached hydrogens (primary N) is 1. The minimum atomic E-state index is 0.106. The number of pyridine rings is 1. The Hall–Kier alpha value is -1.91. The highest BCUT2D eigenvalue weighted by atomic mass is 16.5. The molecule has 3 rings (SSSR count). The van der Waals surface area contributed by atoms with Gasteiger partial charge in [-0.1, -0.05) is 24.3 Å². The summed E-state index contributed by atoms with van der Waals surface area (Å²) in [6.45, 7) is 2.76. The normalized spacial score (nSPS) is 18.7. The van der Waals surface area contributed by atoms with Crippen LogP contribution in [-0.4, -0.2) is 11.6 Å². The number of hydrazine groups is 1. The maximum atomic E-state index is 5.77. The van der Waals surface area contributed by atoms with Crippen LogP contribution in [0.1, 0.15) is 41.6 Å². The molecule has 1 aliphatic rings. The third-order valence-electron chi connectivity index (χ3n) is 4.14. The molecule has 110 valence electrons. The van der Waals surface area contributed by atoms with E-state index in [4.69, 9.17) is 10.6 Å². The van der Waals surface area contributed by atoms with Gasteiger partial charge in [0.2, 0.25) is 0 Å². The van der Waals surface area contributed by atoms with Crippen LogP contribution in [0.5, 0.6) is 5.75 Å². The number of nitrogens with zero attached hydrogens (tertiary/aromatic N) is 1. The van der Waals surface area contributed by atoms with Crippen LogP contribution < -0.4 is 16.0 Å². The molecule has 4 heteroatoms. The summed E-state index contributed by atoms with van der Waals surface area (Å²) in [6.07, 6.45) is 3.88. The van der Waals surface area contributed by atoms with Gasteiger partial charge in [-0.05, 0) is 48.9 Å². The van der Waals surface area contributed by atoms with Crippen molar-refractivity contribution >= 4 is 0 Å². The molecule has 21 heavy (non-hydrogen) atoms. The van der Waals surface area contributed by atoms with Gasteiger partial charge in [-0.15, -0.1) is 0 Å². The minimum Gasteiger partial charge on any atom is -0.493 e. The van der Waals surface area contributed by atoms with Crippen LogP contribution in [0.3, 0.4) is 0 Å². The van der Waals surface area contributed by atoms with Gasteiger partial charge in [-0.25, -0.2) is 0 Å². The molecule has 2 unspecified atom stereocenters. The van der Waals surface area contributed by atoms with Gasteiger partial charge >= 0.3 is 0 Å². The number of hydrogen-bond donors (Lipinski definition) is 2. The largest absolute Gasteiger partial charge is 0.493 e. The predicted octanol–water partition coefficient (Wildman–Crippen LogP) is 2.85. The summed E-state index contributed by atoms with van der Waals surface area (Å²) >= 11 is 0. The third-order valence-corrected chi connectivity index (χ3v) is 4.14. The molecule has 2 aromatic rings. The summed E-state index contributed by atoms with van der Waals surface area (Å²) in [6, 6.07) is 12.5. The molecule has 0 spiro atoms. The van der Waals surface area contributed by atoms with Gasteiger partial charge in [-0.3, -0.25) is 16.3 Å². The number of para-hydroxylation sites is 1. The van der Waals surface area contributed by atoms with Crippen molar-refractivity contribution in [3.8, 4) is 5.75 Å². The number of hydrogen-bond acceptors (Lipinski definition) is 4. The fourth-order valence-electron chi connectivity index (χ4n) is 2.93. The molecule has 1 aliphatic heterocycles. The Morgan fingerprint density at radius 2 is 2.19 bits per heavy atom. The first-order chi connectivity index (χ1) is 10.3. The number of ether oxygens (including phenoxy) is 1. The van der Waals surface area contributed by atoms with Crippen LogP contribution in [0.25, 0.3) is 0 Å². The molecule has 0 saturated heterocycles. The average molecular weight is 283 g/mol. The molecule has 3 N–H and O–H groups in total. The van der Waals surface area contributed by atoms with Crippen molar-refractivity contribution in [1.82, 2.24) is 10.4 Å². The Bertz CT molecular complexity index is 597. The van der Waals surface area contributed by atoms with Crippen molar-refractivity contribution in [2.45, 2.75) is 31.7 Å². The summed E-state index contributed by atoms with van der Waals surface area (Å²) in [5, 5.41) is 0. The van der Waals surface area contributed by atoms with E-state index in [2.05, 4.69) is 28.6 Å². The summed E-state index contributed by atoms with van der Waals surface area (Å²) in [7, 11) is 0. The van der Waals surface area contributed by atoms with Crippen molar-refractivity contribution < 1.29 is 4.74 Å². The SMILES string of the molecule is Cc1ccc(C(CC2CCOc3ccccc32)NN)cn1. The summed E-state index contributed by atoms with van der Waals surface area (Å²) in [4.78, 5) is 4.37. The Balaban J connectivity index is 1.80. The van der Waals surface area contributed by atoms with E-state index in [0.29, 0.717) is 5.92 Å². The highest BCUT2D eigenvalue weighted by Gasteiger charge is 2.24. The number of aromatic nitrogens is 1. The Labute approximate surface area is 125 Å². The van der Waals surface area contributed by atoms with Gasteiger partial charge in [0.05, 0.1) is 6.61 Å². The van der Waals surface area contributed by atoms with Gasteiger partial charge < -0.3 is 4.74 Å². The van der Waals surface area contributed by atoms with Crippen LogP contribution >= 0.6 is 0 Å². The fourth-order valence-corrected chi connectivity index (χ4v) is 2.93. The van der Waals surface area contributed by atoms with Crippen molar-refractivity contribution in [2.24, 2.45) is 5.84 Å². The van der Waals surface area contributed by atoms with E-state index in [1.807, 2.05) is 31.3 Å². The molecular formula is C17H21N3O. The highest BCUT2D eigenvalue weighted by molar-refractivity contribution is 5.38. The number of nitrogens with one attached hydrogen (secondary N) is 1. The second kappa shape index (κ2) is 6.24. The van der Waals surface area contributed by atoms with Crippen LogP contribution in [0.2, 0.25) is 0 Å². The van der Waals surface area contributed by atoms with Crippen LogP contribution in [0, 0.1) is 6.92 Å². The summed E-state index contributed by atoms with van der Waals surface area (Å²) < 4.78 is 5.73. The Kier molecular flexibility index (Phi) is 4.18. The zero-order chi connectivity index (χ0) is 14.7. The smallest absolute Gasteiger partial charge is 0.122 e. The lowest BCUT2D eigenvalue weighted by Crippen LogP contribution is -2.30. The number of aryl methyl sites for hydroxylation is 1. The minimum absolute atomic E-state index is 0.106. The van der Waals surface area contributed by atoms with Gasteiger partial charge in [0.25, 0.3) is 0 Å². The maximum Gasteiger partial charge on any atom is 0.122 e. The van der Waals surface area contributed by atoms with Crippen molar-refractivity contribution in [1.29, 1.82) is 0 Å². The van der Waals surface area contributed by atoms with E-state index in [1.54, 1.807) is 0 Å². The van der Waals surface area contributed by atoms with E-state index in [-0.39, 0.29) is 6.04 Å². The molecular weight excluding hydrogens is 262 g/mol. The number of benzene rings is 1.